The summed E-state index contributed by atoms with van der Waals surface area (Å²) >= 11 is 0. The van der Waals surface area contributed by atoms with Crippen LogP contribution in [0.1, 0.15) is 194 Å². The van der Waals surface area contributed by atoms with E-state index in [1.54, 1.807) is 0 Å². The molecule has 0 aromatic heterocycles. The third kappa shape index (κ3) is 35.7. The minimum Gasteiger partial charge on any atom is -0.462 e. The van der Waals surface area contributed by atoms with E-state index in [1.807, 2.05) is 0 Å². The summed E-state index contributed by atoms with van der Waals surface area (Å²) in [6.45, 7) is 2.71. The molecule has 51 heavy (non-hydrogen) atoms. The average molecular weight is 757 g/mol. The molecular weight excluding hydrogens is 675 g/mol. The van der Waals surface area contributed by atoms with Crippen LogP contribution in [0.3, 0.4) is 0 Å². The second-order valence-corrected chi connectivity index (χ2v) is 15.5. The molecule has 0 spiro atoms. The van der Waals surface area contributed by atoms with E-state index in [0.717, 1.165) is 38.5 Å². The maximum absolute atomic E-state index is 12.6. The molecule has 0 aliphatic heterocycles. The zero-order chi connectivity index (χ0) is 36.4. The van der Waals surface area contributed by atoms with E-state index in [0.29, 0.717) is 12.8 Å². The van der Waals surface area contributed by atoms with Crippen molar-refractivity contribution in [3.05, 3.63) is 0 Å². The molecule has 13 heteroatoms. The predicted octanol–water partition coefficient (Wildman–Crippen LogP) is 9.60. The van der Waals surface area contributed by atoms with Gasteiger partial charge in [-0.25, -0.2) is 0 Å². The van der Waals surface area contributed by atoms with Crippen LogP contribution in [-0.4, -0.2) is 69.8 Å². The largest absolute Gasteiger partial charge is 0.462 e. The maximum Gasteiger partial charge on any atom is 0.356 e. The van der Waals surface area contributed by atoms with Gasteiger partial charge >= 0.3 is 19.5 Å². The Bertz CT molecular complexity index is 818. The van der Waals surface area contributed by atoms with Crippen LogP contribution in [0.25, 0.3) is 0 Å². The summed E-state index contributed by atoms with van der Waals surface area (Å²) < 4.78 is 27.8. The van der Waals surface area contributed by atoms with E-state index in [4.69, 9.17) is 14.2 Å². The van der Waals surface area contributed by atoms with Gasteiger partial charge in [-0.05, 0) is 12.8 Å². The molecule has 0 amide bonds. The molecule has 0 saturated carbocycles. The van der Waals surface area contributed by atoms with Gasteiger partial charge in [-0.15, -0.1) is 0 Å². The monoisotopic (exact) mass is 757 g/mol. The van der Waals surface area contributed by atoms with Crippen molar-refractivity contribution >= 4 is 19.5 Å². The second-order valence-electron chi connectivity index (χ2n) is 13.8. The molecular formula is C38H81N2O10P. The molecule has 0 fully saturated rings. The molecule has 0 rings (SSSR count). The SMILES string of the molecule is CCCCCCCCCCCCCCCC(=O)OC[C@H](COC(C(O)CO)P(=O)(O)O)OC(=O)CCCCCCCCCCCCCCC.N.N. The highest BCUT2D eigenvalue weighted by molar-refractivity contribution is 7.52. The second kappa shape index (κ2) is 38.6. The molecule has 0 aromatic rings. The summed E-state index contributed by atoms with van der Waals surface area (Å²) in [6.07, 6.45) is 28.4. The van der Waals surface area contributed by atoms with Crippen LogP contribution in [-0.2, 0) is 28.4 Å². The van der Waals surface area contributed by atoms with Gasteiger partial charge in [0.25, 0.3) is 0 Å². The number of rotatable bonds is 37. The van der Waals surface area contributed by atoms with Crippen molar-refractivity contribution in [2.75, 3.05) is 19.8 Å². The van der Waals surface area contributed by atoms with E-state index in [9.17, 15) is 34.2 Å². The number of aliphatic hydroxyl groups is 2. The first kappa shape index (κ1) is 54.2. The molecule has 0 saturated heterocycles. The highest BCUT2D eigenvalue weighted by atomic mass is 31.2. The van der Waals surface area contributed by atoms with Crippen molar-refractivity contribution < 1.29 is 48.4 Å². The normalized spacial score (nSPS) is 13.1. The molecule has 0 aromatic carbocycles. The lowest BCUT2D eigenvalue weighted by Gasteiger charge is -2.25. The predicted molar refractivity (Wildman–Crippen MR) is 206 cm³/mol. The van der Waals surface area contributed by atoms with E-state index in [2.05, 4.69) is 13.8 Å². The van der Waals surface area contributed by atoms with Crippen LogP contribution in [0.2, 0.25) is 0 Å². The Morgan fingerprint density at radius 3 is 1.22 bits per heavy atom. The summed E-state index contributed by atoms with van der Waals surface area (Å²) in [5, 5.41) is 19.0. The van der Waals surface area contributed by atoms with Crippen molar-refractivity contribution in [3.63, 3.8) is 0 Å². The zero-order valence-corrected chi connectivity index (χ0v) is 33.6. The van der Waals surface area contributed by atoms with E-state index >= 15 is 0 Å². The number of ether oxygens (including phenoxy) is 3. The number of carbonyl (C=O) groups is 2. The smallest absolute Gasteiger partial charge is 0.356 e. The molecule has 12 nitrogen and oxygen atoms in total. The maximum atomic E-state index is 12.6. The Morgan fingerprint density at radius 2 is 0.882 bits per heavy atom. The molecule has 2 unspecified atom stereocenters. The van der Waals surface area contributed by atoms with Gasteiger partial charge < -0.3 is 46.5 Å². The summed E-state index contributed by atoms with van der Waals surface area (Å²) in [5.74, 6) is -2.96. The first-order valence-corrected chi connectivity index (χ1v) is 21.6. The third-order valence-corrected chi connectivity index (χ3v) is 10.2. The Labute approximate surface area is 311 Å². The van der Waals surface area contributed by atoms with Crippen molar-refractivity contribution in [3.8, 4) is 0 Å². The Balaban J connectivity index is -0.0000115. The van der Waals surface area contributed by atoms with Gasteiger partial charge in [-0.3, -0.25) is 14.2 Å². The molecule has 10 N–H and O–H groups in total. The van der Waals surface area contributed by atoms with Crippen molar-refractivity contribution in [1.82, 2.24) is 12.3 Å². The molecule has 0 aliphatic rings. The molecule has 0 heterocycles. The number of hydrogen-bond donors (Lipinski definition) is 6. The van der Waals surface area contributed by atoms with Crippen LogP contribution >= 0.6 is 7.60 Å². The number of esters is 2. The van der Waals surface area contributed by atoms with Crippen molar-refractivity contribution in [2.24, 2.45) is 0 Å². The van der Waals surface area contributed by atoms with E-state index in [-0.39, 0.29) is 31.7 Å². The van der Waals surface area contributed by atoms with Gasteiger partial charge in [0.1, 0.15) is 12.7 Å². The standard InChI is InChI=1S/C38H75O10P.2H3N/c1-3-5-7-9-11-13-15-17-19-21-23-25-27-29-36(41)46-32-34(33-47-38(35(40)31-39)49(43,44)45)48-37(42)30-28-26-24-22-20-18-16-14-12-10-8-6-4-2;;/h34-35,38-40H,3-33H2,1-2H3,(H2,43,44,45);2*1H3/t34-,35?,38?;;/m1../s1. The van der Waals surface area contributed by atoms with Gasteiger partial charge in [0.2, 0.25) is 0 Å². The fourth-order valence-electron chi connectivity index (χ4n) is 5.92. The topological polar surface area (TPSA) is 230 Å². The first-order chi connectivity index (χ1) is 23.6. The van der Waals surface area contributed by atoms with Gasteiger partial charge in [0.15, 0.2) is 11.9 Å². The highest BCUT2D eigenvalue weighted by Gasteiger charge is 2.37. The van der Waals surface area contributed by atoms with Gasteiger partial charge in [-0.2, -0.15) is 0 Å². The lowest BCUT2D eigenvalue weighted by atomic mass is 10.0. The summed E-state index contributed by atoms with van der Waals surface area (Å²) in [6, 6.07) is 0. The average Bonchev–Trinajstić information content (AvgIpc) is 3.07. The molecule has 0 radical (unpaired) electrons. The lowest BCUT2D eigenvalue weighted by Crippen LogP contribution is -2.37. The Morgan fingerprint density at radius 1 is 0.549 bits per heavy atom. The fraction of sp³-hybridized carbons (Fsp3) is 0.947. The fourth-order valence-corrected chi connectivity index (χ4v) is 6.74. The quantitative estimate of drug-likeness (QED) is 0.0198. The molecule has 308 valence electrons. The zero-order valence-electron chi connectivity index (χ0n) is 32.8. The highest BCUT2D eigenvalue weighted by Crippen LogP contribution is 2.43. The van der Waals surface area contributed by atoms with Crippen LogP contribution in [0.15, 0.2) is 0 Å². The van der Waals surface area contributed by atoms with E-state index in [1.165, 1.54) is 116 Å². The molecule has 0 aliphatic carbocycles. The minimum absolute atomic E-state index is 0. The number of unbranched alkanes of at least 4 members (excludes halogenated alkanes) is 24. The van der Waals surface area contributed by atoms with E-state index < -0.39 is 50.8 Å². The van der Waals surface area contributed by atoms with Crippen LogP contribution in [0, 0.1) is 0 Å². The summed E-state index contributed by atoms with van der Waals surface area (Å²) in [7, 11) is -4.94. The van der Waals surface area contributed by atoms with Gasteiger partial charge in [0, 0.05) is 12.8 Å². The summed E-state index contributed by atoms with van der Waals surface area (Å²) in [4.78, 5) is 44.1. The van der Waals surface area contributed by atoms with Crippen LogP contribution in [0.4, 0.5) is 0 Å². The van der Waals surface area contributed by atoms with Crippen molar-refractivity contribution in [2.45, 2.75) is 212 Å². The molecule has 0 bridgehead atoms. The Hall–Kier alpha value is -1.11. The lowest BCUT2D eigenvalue weighted by molar-refractivity contribution is -0.164. The van der Waals surface area contributed by atoms with Gasteiger partial charge in [-0.1, -0.05) is 168 Å². The summed E-state index contributed by atoms with van der Waals surface area (Å²) in [5.41, 5.74) is 0. The first-order valence-electron chi connectivity index (χ1n) is 20.0. The number of hydrogen-bond acceptors (Lipinski definition) is 10. The van der Waals surface area contributed by atoms with Crippen molar-refractivity contribution in [1.29, 1.82) is 0 Å². The third-order valence-electron chi connectivity index (χ3n) is 9.00. The Kier molecular flexibility index (Phi) is 41.1. The number of aliphatic hydroxyl groups excluding tert-OH is 2. The van der Waals surface area contributed by atoms with Gasteiger partial charge in [0.05, 0.1) is 13.2 Å². The van der Waals surface area contributed by atoms with Crippen LogP contribution < -0.4 is 12.3 Å². The van der Waals surface area contributed by atoms with Crippen LogP contribution in [0.5, 0.6) is 0 Å². The minimum atomic E-state index is -4.94. The number of carbonyl (C=O) groups excluding carboxylic acids is 2. The molecule has 3 atom stereocenters.